The molecule has 2 unspecified atom stereocenters. The second-order valence-electron chi connectivity index (χ2n) is 10.0. The summed E-state index contributed by atoms with van der Waals surface area (Å²) in [4.78, 5) is 67.2. The lowest BCUT2D eigenvalue weighted by atomic mass is 9.83. The maximum absolute atomic E-state index is 13.9. The molecule has 0 bridgehead atoms. The van der Waals surface area contributed by atoms with E-state index < -0.39 is 39.7 Å². The number of H-pyrrole nitrogens is 1. The highest BCUT2D eigenvalue weighted by Gasteiger charge is 2.56. The smallest absolute Gasteiger partial charge is 0.305 e. The van der Waals surface area contributed by atoms with E-state index in [1.165, 1.54) is 31.4 Å². The van der Waals surface area contributed by atoms with E-state index in [1.54, 1.807) is 49.6 Å². The zero-order chi connectivity index (χ0) is 31.8. The number of nitrogens with one attached hydrogen (secondary N) is 2. The molecule has 15 heteroatoms. The van der Waals surface area contributed by atoms with Gasteiger partial charge in [0.15, 0.2) is 18.1 Å². The van der Waals surface area contributed by atoms with Gasteiger partial charge in [-0.3, -0.25) is 29.3 Å². The number of hydrogen-bond acceptors (Lipinski definition) is 11. The van der Waals surface area contributed by atoms with Crippen molar-refractivity contribution in [2.24, 2.45) is 5.92 Å². The molecule has 13 nitrogen and oxygen atoms in total. The molecule has 6 rings (SSSR count). The van der Waals surface area contributed by atoms with Gasteiger partial charge in [0.1, 0.15) is 11.0 Å². The van der Waals surface area contributed by atoms with Gasteiger partial charge in [-0.25, -0.2) is 4.90 Å². The Morgan fingerprint density at radius 3 is 2.38 bits per heavy atom. The van der Waals surface area contributed by atoms with Crippen molar-refractivity contribution in [2.75, 3.05) is 31.0 Å². The molecule has 4 aromatic rings. The number of non-ortho nitro benzene ring substituents is 1. The van der Waals surface area contributed by atoms with Crippen LogP contribution < -0.4 is 29.3 Å². The monoisotopic (exact) mass is 648 g/mol. The van der Waals surface area contributed by atoms with Gasteiger partial charge in [-0.05, 0) is 54.1 Å². The van der Waals surface area contributed by atoms with Crippen LogP contribution >= 0.6 is 23.1 Å². The van der Waals surface area contributed by atoms with E-state index in [9.17, 15) is 29.3 Å². The summed E-state index contributed by atoms with van der Waals surface area (Å²) < 4.78 is 16.4. The fourth-order valence-electron chi connectivity index (χ4n) is 5.37. The fourth-order valence-corrected chi connectivity index (χ4v) is 7.88. The largest absolute Gasteiger partial charge is 0.497 e. The van der Waals surface area contributed by atoms with Crippen LogP contribution in [0.25, 0.3) is 0 Å². The van der Waals surface area contributed by atoms with Gasteiger partial charge in [0.2, 0.25) is 11.8 Å². The molecule has 1 saturated heterocycles. The number of hydrogen-bond donors (Lipinski definition) is 2. The Bertz CT molecular complexity index is 1870. The first kappa shape index (κ1) is 29.9. The minimum Gasteiger partial charge on any atom is -0.497 e. The van der Waals surface area contributed by atoms with Crippen molar-refractivity contribution >= 4 is 57.9 Å². The molecule has 0 radical (unpaired) electrons. The number of aromatic amines is 1. The van der Waals surface area contributed by atoms with E-state index in [0.717, 1.165) is 28.0 Å². The molecule has 3 atom stereocenters. The molecule has 45 heavy (non-hydrogen) atoms. The molecule has 3 aromatic carbocycles. The molecule has 2 aliphatic heterocycles. The number of rotatable bonds is 9. The summed E-state index contributed by atoms with van der Waals surface area (Å²) in [7, 11) is 2.98. The number of carbonyl (C=O) groups excluding carboxylic acids is 3. The highest BCUT2D eigenvalue weighted by atomic mass is 32.2. The number of benzene rings is 3. The summed E-state index contributed by atoms with van der Waals surface area (Å²) in [5.41, 5.74) is 1.21. The van der Waals surface area contributed by atoms with Gasteiger partial charge in [0.05, 0.1) is 35.8 Å². The van der Waals surface area contributed by atoms with Crippen molar-refractivity contribution < 1.29 is 33.5 Å². The minimum absolute atomic E-state index is 0.171. The van der Waals surface area contributed by atoms with E-state index in [4.69, 9.17) is 14.2 Å². The number of nitrogens with zero attached hydrogens (tertiary/aromatic N) is 2. The summed E-state index contributed by atoms with van der Waals surface area (Å²) in [6, 6.07) is 17.0. The van der Waals surface area contributed by atoms with Crippen molar-refractivity contribution in [2.45, 2.75) is 16.2 Å². The number of nitro benzene ring substituents is 1. The number of imide groups is 1. The molecule has 2 aliphatic rings. The lowest BCUT2D eigenvalue weighted by molar-refractivity contribution is -0.384. The highest BCUT2D eigenvalue weighted by molar-refractivity contribution is 8.00. The SMILES string of the molecule is COc1ccc(NC(=O)COc2ccc([C@H]3c4sc(=O)[nH]c4SC4C(=O)N(c5ccc([N+](=O)[O-])cc5)C(=O)C43)cc2OC)cc1. The Balaban J connectivity index is 1.27. The van der Waals surface area contributed by atoms with Gasteiger partial charge < -0.3 is 24.5 Å². The van der Waals surface area contributed by atoms with Crippen LogP contribution in [0, 0.1) is 16.0 Å². The maximum atomic E-state index is 13.9. The summed E-state index contributed by atoms with van der Waals surface area (Å²) in [5.74, 6) is -1.72. The van der Waals surface area contributed by atoms with Crippen LogP contribution in [0.15, 0.2) is 76.6 Å². The zero-order valence-corrected chi connectivity index (χ0v) is 25.3. The molecular formula is C30H24N4O9S2. The van der Waals surface area contributed by atoms with Gasteiger partial charge >= 0.3 is 4.87 Å². The number of methoxy groups -OCH3 is 2. The van der Waals surface area contributed by atoms with Crippen molar-refractivity contribution in [1.29, 1.82) is 0 Å². The number of ether oxygens (including phenoxy) is 3. The van der Waals surface area contributed by atoms with E-state index in [2.05, 4.69) is 10.3 Å². The molecule has 1 aromatic heterocycles. The molecule has 0 aliphatic carbocycles. The third-order valence-electron chi connectivity index (χ3n) is 7.42. The first-order chi connectivity index (χ1) is 21.7. The van der Waals surface area contributed by atoms with Crippen molar-refractivity contribution in [3.8, 4) is 17.2 Å². The molecule has 2 N–H and O–H groups in total. The van der Waals surface area contributed by atoms with Gasteiger partial charge in [-0.15, -0.1) is 0 Å². The van der Waals surface area contributed by atoms with Gasteiger partial charge in [0, 0.05) is 28.6 Å². The van der Waals surface area contributed by atoms with Crippen molar-refractivity contribution in [3.05, 3.63) is 97.0 Å². The van der Waals surface area contributed by atoms with Gasteiger partial charge in [-0.2, -0.15) is 0 Å². The first-order valence-electron chi connectivity index (χ1n) is 13.4. The summed E-state index contributed by atoms with van der Waals surface area (Å²) in [5, 5.41) is 13.5. The number of aromatic nitrogens is 1. The molecule has 1 fully saturated rings. The summed E-state index contributed by atoms with van der Waals surface area (Å²) in [6.45, 7) is -0.312. The topological polar surface area (TPSA) is 170 Å². The van der Waals surface area contributed by atoms with E-state index in [1.807, 2.05) is 0 Å². The number of carbonyl (C=O) groups is 3. The number of nitro groups is 1. The third kappa shape index (κ3) is 5.62. The van der Waals surface area contributed by atoms with Crippen LogP contribution in [0.2, 0.25) is 0 Å². The number of fused-ring (bicyclic) bond motifs is 2. The predicted octanol–water partition coefficient (Wildman–Crippen LogP) is 4.18. The maximum Gasteiger partial charge on any atom is 0.305 e. The lowest BCUT2D eigenvalue weighted by Gasteiger charge is -2.30. The van der Waals surface area contributed by atoms with Crippen molar-refractivity contribution in [3.63, 3.8) is 0 Å². The predicted molar refractivity (Wildman–Crippen MR) is 166 cm³/mol. The Kier molecular flexibility index (Phi) is 8.03. The summed E-state index contributed by atoms with van der Waals surface area (Å²) in [6.07, 6.45) is 0. The lowest BCUT2D eigenvalue weighted by Crippen LogP contribution is -2.32. The third-order valence-corrected chi connectivity index (χ3v) is 9.82. The van der Waals surface area contributed by atoms with Crippen LogP contribution in [0.3, 0.4) is 0 Å². The fraction of sp³-hybridized carbons (Fsp3) is 0.200. The molecule has 3 amide bonds. The zero-order valence-electron chi connectivity index (χ0n) is 23.7. The average molecular weight is 649 g/mol. The van der Waals surface area contributed by atoms with Crippen LogP contribution in [-0.2, 0) is 14.4 Å². The minimum atomic E-state index is -0.872. The highest BCUT2D eigenvalue weighted by Crippen LogP contribution is 2.53. The quantitative estimate of drug-likeness (QED) is 0.153. The number of amides is 3. The average Bonchev–Trinajstić information content (AvgIpc) is 3.54. The standard InChI is InChI=1S/C30H24N4O9S2/c1-41-19-10-4-16(5-11-19)31-22(35)14-43-20-12-3-15(13-21(20)42-2)23-24-26(44-27-25(23)45-30(38)32-27)29(37)33(28(24)36)17-6-8-18(9-7-17)34(39)40/h3-13,23-24,26H,14H2,1-2H3,(H,31,35)(H,32,38)/t23-,24?,26?/m1/s1. The van der Waals surface area contributed by atoms with Gasteiger partial charge in [-0.1, -0.05) is 29.2 Å². The first-order valence-corrected chi connectivity index (χ1v) is 15.1. The second kappa shape index (κ2) is 12.1. The van der Waals surface area contributed by atoms with Gasteiger partial charge in [0.25, 0.3) is 11.6 Å². The Morgan fingerprint density at radius 1 is 0.978 bits per heavy atom. The van der Waals surface area contributed by atoms with E-state index in [-0.39, 0.29) is 34.4 Å². The van der Waals surface area contributed by atoms with Crippen LogP contribution in [0.5, 0.6) is 17.2 Å². The van der Waals surface area contributed by atoms with E-state index in [0.29, 0.717) is 26.9 Å². The Hall–Kier alpha value is -5.15. The normalized spacial score (nSPS) is 18.6. The van der Waals surface area contributed by atoms with E-state index >= 15 is 0 Å². The van der Waals surface area contributed by atoms with Crippen molar-refractivity contribution in [1.82, 2.24) is 4.98 Å². The molecule has 0 spiro atoms. The van der Waals surface area contributed by atoms with Crippen LogP contribution in [0.4, 0.5) is 17.1 Å². The molecule has 230 valence electrons. The molecule has 0 saturated carbocycles. The number of anilines is 2. The Labute approximate surface area is 263 Å². The Morgan fingerprint density at radius 2 is 1.71 bits per heavy atom. The van der Waals surface area contributed by atoms with Crippen LogP contribution in [0.1, 0.15) is 16.4 Å². The van der Waals surface area contributed by atoms with Crippen LogP contribution in [-0.4, -0.2) is 53.7 Å². The second-order valence-corrected chi connectivity index (χ2v) is 12.2. The number of thioether (sulfide) groups is 1. The number of thiazole rings is 1. The summed E-state index contributed by atoms with van der Waals surface area (Å²) >= 11 is 2.08. The molecular weight excluding hydrogens is 624 g/mol. The molecule has 3 heterocycles.